The molecule has 10 nitrogen and oxygen atoms in total. The van der Waals surface area contributed by atoms with Gasteiger partial charge in [-0.1, -0.05) is 6.07 Å². The van der Waals surface area contributed by atoms with E-state index in [-0.39, 0.29) is 6.54 Å². The average molecular weight is 525 g/mol. The van der Waals surface area contributed by atoms with E-state index in [0.717, 1.165) is 42.5 Å². The third kappa shape index (κ3) is 5.13. The highest BCUT2D eigenvalue weighted by molar-refractivity contribution is 5.96. The number of H-pyrrole nitrogens is 1. The number of nitrogens with zero attached hydrogens (tertiary/aromatic N) is 7. The Labute approximate surface area is 225 Å². The smallest absolute Gasteiger partial charge is 0.280 e. The Morgan fingerprint density at radius 3 is 2.77 bits per heavy atom. The van der Waals surface area contributed by atoms with Gasteiger partial charge in [-0.25, -0.2) is 9.50 Å². The molecule has 39 heavy (non-hydrogen) atoms. The van der Waals surface area contributed by atoms with Crippen LogP contribution in [0.2, 0.25) is 0 Å². The summed E-state index contributed by atoms with van der Waals surface area (Å²) in [5.41, 5.74) is 4.85. The molecule has 1 aromatic carbocycles. The van der Waals surface area contributed by atoms with Crippen LogP contribution in [0.15, 0.2) is 66.2 Å². The van der Waals surface area contributed by atoms with Crippen LogP contribution < -0.4 is 5.62 Å². The second-order valence-electron chi connectivity index (χ2n) is 11.0. The second-order valence-corrected chi connectivity index (χ2v) is 11.0. The Balaban J connectivity index is 1.39. The Hall–Kier alpha value is -4.15. The topological polar surface area (TPSA) is 117 Å². The fourth-order valence-electron chi connectivity index (χ4n) is 5.30. The van der Waals surface area contributed by atoms with E-state index in [4.69, 9.17) is 0 Å². The van der Waals surface area contributed by atoms with E-state index in [1.54, 1.807) is 55.2 Å². The first-order valence-electron chi connectivity index (χ1n) is 13.2. The fourth-order valence-corrected chi connectivity index (χ4v) is 5.30. The van der Waals surface area contributed by atoms with E-state index in [1.807, 2.05) is 10.8 Å². The van der Waals surface area contributed by atoms with Gasteiger partial charge in [-0.2, -0.15) is 10.1 Å². The number of nitrogens with one attached hydrogen (secondary N) is 1. The number of fused-ring (bicyclic) bond motifs is 2. The molecule has 5 aromatic rings. The van der Waals surface area contributed by atoms with Crippen molar-refractivity contribution in [3.05, 3.63) is 77.9 Å². The number of aliphatic hydroxyl groups is 1. The molecule has 6 rings (SSSR count). The van der Waals surface area contributed by atoms with Crippen LogP contribution in [-0.4, -0.2) is 70.8 Å². The van der Waals surface area contributed by atoms with Crippen LogP contribution in [0.25, 0.3) is 27.9 Å². The minimum atomic E-state index is -1.000. The van der Waals surface area contributed by atoms with Gasteiger partial charge >= 0.3 is 0 Å². The maximum Gasteiger partial charge on any atom is 0.280 e. The van der Waals surface area contributed by atoms with Crippen molar-refractivity contribution in [2.45, 2.75) is 44.8 Å². The van der Waals surface area contributed by atoms with E-state index in [1.165, 1.54) is 5.56 Å². The minimum absolute atomic E-state index is 0.280. The highest BCUT2D eigenvalue weighted by Crippen LogP contribution is 2.29. The van der Waals surface area contributed by atoms with E-state index in [9.17, 15) is 9.90 Å². The molecule has 5 heterocycles. The van der Waals surface area contributed by atoms with Gasteiger partial charge in [0, 0.05) is 24.2 Å². The standard InChI is InChI=1S/C29H32N8O2/c1-29(2,39)18-36-25-6-5-20(19-8-13-35(3)14-9-19)15-24(25)33-28(36)34-27(38)21-7-11-30-23(16-21)22-17-32-37-12-4-10-31-26(22)37/h4-7,10-12,15-17,19,39H,8-9,13-14,18H2,1-3H3,(H,33,34,38). The van der Waals surface area contributed by atoms with Crippen molar-refractivity contribution < 1.29 is 9.90 Å². The van der Waals surface area contributed by atoms with Crippen molar-refractivity contribution in [1.82, 2.24) is 34.0 Å². The molecule has 0 aliphatic carbocycles. The lowest BCUT2D eigenvalue weighted by Crippen LogP contribution is -2.32. The zero-order valence-corrected chi connectivity index (χ0v) is 22.4. The summed E-state index contributed by atoms with van der Waals surface area (Å²) in [5.74, 6) is 0.0954. The first-order valence-corrected chi connectivity index (χ1v) is 13.2. The Morgan fingerprint density at radius 1 is 1.15 bits per heavy atom. The molecule has 2 N–H and O–H groups in total. The van der Waals surface area contributed by atoms with Crippen molar-refractivity contribution in [3.8, 4) is 11.3 Å². The number of likely N-dealkylation sites (tertiary alicyclic amines) is 1. The quantitative estimate of drug-likeness (QED) is 0.364. The second kappa shape index (κ2) is 9.87. The van der Waals surface area contributed by atoms with E-state index in [0.29, 0.717) is 28.4 Å². The summed E-state index contributed by atoms with van der Waals surface area (Å²) < 4.78 is 3.54. The lowest BCUT2D eigenvalue weighted by Gasteiger charge is -2.29. The minimum Gasteiger partial charge on any atom is -0.389 e. The van der Waals surface area contributed by atoms with Gasteiger partial charge in [-0.05, 0) is 88.6 Å². The van der Waals surface area contributed by atoms with Crippen LogP contribution >= 0.6 is 0 Å². The summed E-state index contributed by atoms with van der Waals surface area (Å²) in [6.07, 6.45) is 9.02. The summed E-state index contributed by atoms with van der Waals surface area (Å²) in [6.45, 7) is 5.94. The molecule has 10 heteroatoms. The van der Waals surface area contributed by atoms with Gasteiger partial charge in [0.2, 0.25) is 5.62 Å². The molecule has 1 saturated heterocycles. The summed E-state index contributed by atoms with van der Waals surface area (Å²) in [4.78, 5) is 32.4. The van der Waals surface area contributed by atoms with Crippen molar-refractivity contribution in [2.75, 3.05) is 20.1 Å². The zero-order valence-electron chi connectivity index (χ0n) is 22.4. The van der Waals surface area contributed by atoms with Gasteiger partial charge in [0.1, 0.15) is 0 Å². The number of aromatic nitrogens is 6. The number of hydrogen-bond acceptors (Lipinski definition) is 6. The van der Waals surface area contributed by atoms with Crippen LogP contribution in [0, 0.1) is 0 Å². The highest BCUT2D eigenvalue weighted by Gasteiger charge is 2.21. The maximum absolute atomic E-state index is 13.4. The van der Waals surface area contributed by atoms with Crippen molar-refractivity contribution in [1.29, 1.82) is 0 Å². The number of hydrogen-bond donors (Lipinski definition) is 2. The predicted octanol–water partition coefficient (Wildman–Crippen LogP) is 3.40. The van der Waals surface area contributed by atoms with Crippen LogP contribution in [-0.2, 0) is 6.54 Å². The highest BCUT2D eigenvalue weighted by atomic mass is 16.3. The van der Waals surface area contributed by atoms with E-state index < -0.39 is 11.5 Å². The third-order valence-corrected chi connectivity index (χ3v) is 7.32. The third-order valence-electron chi connectivity index (χ3n) is 7.32. The van der Waals surface area contributed by atoms with Crippen LogP contribution in [0.4, 0.5) is 0 Å². The summed E-state index contributed by atoms with van der Waals surface area (Å²) in [7, 11) is 2.16. The van der Waals surface area contributed by atoms with Crippen molar-refractivity contribution in [3.63, 3.8) is 0 Å². The molecule has 0 unspecified atom stereocenters. The Morgan fingerprint density at radius 2 is 1.97 bits per heavy atom. The lowest BCUT2D eigenvalue weighted by atomic mass is 9.89. The normalized spacial score (nSPS) is 15.9. The number of pyridine rings is 1. The molecule has 4 aromatic heterocycles. The molecule has 0 atom stereocenters. The maximum atomic E-state index is 13.4. The first kappa shape index (κ1) is 25.1. The monoisotopic (exact) mass is 524 g/mol. The Bertz CT molecular complexity index is 1730. The van der Waals surface area contributed by atoms with Gasteiger partial charge in [0.15, 0.2) is 5.65 Å². The molecule has 1 fully saturated rings. The van der Waals surface area contributed by atoms with Gasteiger partial charge in [-0.3, -0.25) is 9.78 Å². The number of amides is 1. The summed E-state index contributed by atoms with van der Waals surface area (Å²) in [5, 5.41) is 15.0. The molecule has 1 aliphatic rings. The molecule has 1 amide bonds. The zero-order chi connectivity index (χ0) is 27.1. The fraction of sp³-hybridized carbons (Fsp3) is 0.345. The lowest BCUT2D eigenvalue weighted by molar-refractivity contribution is 0.0612. The molecular weight excluding hydrogens is 492 g/mol. The van der Waals surface area contributed by atoms with Crippen LogP contribution in [0.1, 0.15) is 48.5 Å². The predicted molar refractivity (Wildman–Crippen MR) is 148 cm³/mol. The van der Waals surface area contributed by atoms with E-state index >= 15 is 0 Å². The first-order chi connectivity index (χ1) is 18.7. The Kier molecular flexibility index (Phi) is 6.36. The molecule has 1 aliphatic heterocycles. The summed E-state index contributed by atoms with van der Waals surface area (Å²) >= 11 is 0. The molecular formula is C29H32N8O2. The van der Waals surface area contributed by atoms with Crippen molar-refractivity contribution >= 4 is 22.6 Å². The van der Waals surface area contributed by atoms with Gasteiger partial charge < -0.3 is 19.6 Å². The molecule has 0 bridgehead atoms. The van der Waals surface area contributed by atoms with Crippen LogP contribution in [0.3, 0.4) is 0 Å². The van der Waals surface area contributed by atoms with Crippen molar-refractivity contribution in [2.24, 2.45) is 4.99 Å². The number of benzene rings is 1. The molecule has 0 radical (unpaired) electrons. The largest absolute Gasteiger partial charge is 0.389 e. The van der Waals surface area contributed by atoms with Gasteiger partial charge in [0.25, 0.3) is 5.91 Å². The van der Waals surface area contributed by atoms with E-state index in [2.05, 4.69) is 55.2 Å². The number of rotatable bonds is 5. The SMILES string of the molecule is CN1CCC(c2ccc3c(c2)[nH]/c(=N\C(=O)c2ccnc(-c4cnn5cccnc45)c2)n3CC(C)(C)O)CC1. The number of imidazole rings is 1. The number of piperidine rings is 1. The number of aromatic amines is 1. The number of carbonyl (C=O) groups is 1. The molecule has 0 spiro atoms. The van der Waals surface area contributed by atoms with Crippen LogP contribution in [0.5, 0.6) is 0 Å². The van der Waals surface area contributed by atoms with Gasteiger partial charge in [0.05, 0.1) is 40.6 Å². The summed E-state index contributed by atoms with van der Waals surface area (Å²) in [6, 6.07) is 11.6. The number of carbonyl (C=O) groups excluding carboxylic acids is 1. The molecule has 0 saturated carbocycles. The van der Waals surface area contributed by atoms with Gasteiger partial charge in [-0.15, -0.1) is 0 Å². The molecule has 200 valence electrons. The average Bonchev–Trinajstić information content (AvgIpc) is 3.49.